The summed E-state index contributed by atoms with van der Waals surface area (Å²) in [7, 11) is 0. The number of hydrogen-bond donors (Lipinski definition) is 3. The molecule has 2 amide bonds. The van der Waals surface area contributed by atoms with Crippen LogP contribution in [0.2, 0.25) is 0 Å². The Morgan fingerprint density at radius 1 is 1.03 bits per heavy atom. The van der Waals surface area contributed by atoms with Crippen LogP contribution in [0.4, 0.5) is 24.7 Å². The van der Waals surface area contributed by atoms with Gasteiger partial charge in [-0.1, -0.05) is 18.2 Å². The second kappa shape index (κ2) is 9.37. The largest absolute Gasteiger partial charge is 0.366 e. The van der Waals surface area contributed by atoms with E-state index in [9.17, 15) is 22.8 Å². The molecule has 8 nitrogen and oxygen atoms in total. The van der Waals surface area contributed by atoms with Crippen molar-refractivity contribution in [3.8, 4) is 0 Å². The number of halogens is 3. The lowest BCUT2D eigenvalue weighted by Crippen LogP contribution is -2.19. The van der Waals surface area contributed by atoms with Crippen LogP contribution < -0.4 is 16.4 Å². The van der Waals surface area contributed by atoms with Crippen molar-refractivity contribution in [3.05, 3.63) is 88.8 Å². The van der Waals surface area contributed by atoms with Gasteiger partial charge < -0.3 is 16.4 Å². The van der Waals surface area contributed by atoms with Crippen molar-refractivity contribution in [2.75, 3.05) is 10.6 Å². The van der Waals surface area contributed by atoms with Crippen molar-refractivity contribution in [2.24, 2.45) is 5.73 Å². The normalized spacial score (nSPS) is 11.8. The fourth-order valence-electron chi connectivity index (χ4n) is 3.51. The molecule has 35 heavy (non-hydrogen) atoms. The average Bonchev–Trinajstić information content (AvgIpc) is 2.84. The van der Waals surface area contributed by atoms with E-state index in [1.54, 1.807) is 36.4 Å². The van der Waals surface area contributed by atoms with Crippen molar-refractivity contribution in [1.29, 1.82) is 0 Å². The first-order chi connectivity index (χ1) is 16.7. The fraction of sp³-hybridized carbons (Fsp3) is 0.125. The zero-order valence-electron chi connectivity index (χ0n) is 18.6. The number of aromatic nitrogens is 3. The van der Waals surface area contributed by atoms with Crippen LogP contribution in [0.1, 0.15) is 44.9 Å². The van der Waals surface area contributed by atoms with Crippen LogP contribution in [-0.4, -0.2) is 26.8 Å². The standard InChI is InChI=1S/C24H19F3N6O2/c1-11-17(25)18(26)20(33-21(11)27)24(35)32-14-6-3-5-13(9-14)12(2)31-23-16-8-4-7-15(22(28)34)19(16)29-10-30-23/h3-10,12H,1-2H3,(H2,28,34)(H,32,35)(H,29,30,31)/t12-/m1/s1. The number of carbonyl (C=O) groups excluding carboxylic acids is 2. The van der Waals surface area contributed by atoms with E-state index >= 15 is 0 Å². The summed E-state index contributed by atoms with van der Waals surface area (Å²) in [5, 5.41) is 6.21. The Kier molecular flexibility index (Phi) is 6.32. The maximum absolute atomic E-state index is 14.1. The number of anilines is 2. The summed E-state index contributed by atoms with van der Waals surface area (Å²) in [6.45, 7) is 2.86. The van der Waals surface area contributed by atoms with Crippen LogP contribution in [0.3, 0.4) is 0 Å². The Hall–Kier alpha value is -4.54. The first-order valence-corrected chi connectivity index (χ1v) is 10.4. The van der Waals surface area contributed by atoms with Crippen LogP contribution in [0.25, 0.3) is 10.9 Å². The molecule has 0 unspecified atom stereocenters. The molecule has 0 radical (unpaired) electrons. The van der Waals surface area contributed by atoms with E-state index in [4.69, 9.17) is 5.73 Å². The number of rotatable bonds is 6. The van der Waals surface area contributed by atoms with Gasteiger partial charge in [0.05, 0.1) is 17.1 Å². The van der Waals surface area contributed by atoms with Crippen molar-refractivity contribution in [1.82, 2.24) is 15.0 Å². The second-order valence-electron chi connectivity index (χ2n) is 7.74. The molecule has 0 saturated carbocycles. The molecule has 178 valence electrons. The summed E-state index contributed by atoms with van der Waals surface area (Å²) in [5.74, 6) is -5.52. The van der Waals surface area contributed by atoms with E-state index in [0.29, 0.717) is 22.3 Å². The number of para-hydroxylation sites is 1. The van der Waals surface area contributed by atoms with Gasteiger partial charge in [-0.3, -0.25) is 9.59 Å². The maximum Gasteiger partial charge on any atom is 0.277 e. The van der Waals surface area contributed by atoms with Crippen LogP contribution in [0.5, 0.6) is 0 Å². The van der Waals surface area contributed by atoms with E-state index in [-0.39, 0.29) is 17.3 Å². The number of carbonyl (C=O) groups is 2. The molecule has 1 atom stereocenters. The van der Waals surface area contributed by atoms with Crippen molar-refractivity contribution >= 4 is 34.2 Å². The Morgan fingerprint density at radius 2 is 1.77 bits per heavy atom. The van der Waals surface area contributed by atoms with Gasteiger partial charge in [0, 0.05) is 16.6 Å². The van der Waals surface area contributed by atoms with Crippen LogP contribution in [0.15, 0.2) is 48.8 Å². The smallest absolute Gasteiger partial charge is 0.277 e. The minimum absolute atomic E-state index is 0.257. The Morgan fingerprint density at radius 3 is 2.51 bits per heavy atom. The van der Waals surface area contributed by atoms with Gasteiger partial charge in [-0.15, -0.1) is 0 Å². The summed E-state index contributed by atoms with van der Waals surface area (Å²) >= 11 is 0. The minimum Gasteiger partial charge on any atom is -0.366 e. The molecule has 4 rings (SSSR count). The van der Waals surface area contributed by atoms with Crippen molar-refractivity contribution in [3.63, 3.8) is 0 Å². The molecule has 0 fully saturated rings. The van der Waals surface area contributed by atoms with Gasteiger partial charge in [-0.05, 0) is 43.7 Å². The highest BCUT2D eigenvalue weighted by Gasteiger charge is 2.23. The zero-order valence-corrected chi connectivity index (χ0v) is 18.6. The fourth-order valence-corrected chi connectivity index (χ4v) is 3.51. The topological polar surface area (TPSA) is 123 Å². The number of primary amides is 1. The SMILES string of the molecule is Cc1c(F)nc(C(=O)Nc2cccc([C@@H](C)Nc3ncnc4c(C(N)=O)cccc34)c2)c(F)c1F. The van der Waals surface area contributed by atoms with Gasteiger partial charge in [-0.25, -0.2) is 23.7 Å². The third-order valence-electron chi connectivity index (χ3n) is 5.39. The number of nitrogens with two attached hydrogens (primary N) is 1. The number of nitrogens with one attached hydrogen (secondary N) is 2. The molecule has 0 aliphatic rings. The number of pyridine rings is 1. The van der Waals surface area contributed by atoms with E-state index in [0.717, 1.165) is 6.92 Å². The minimum atomic E-state index is -1.53. The average molecular weight is 480 g/mol. The van der Waals surface area contributed by atoms with Gasteiger partial charge in [0.1, 0.15) is 12.1 Å². The highest BCUT2D eigenvalue weighted by molar-refractivity contribution is 6.07. The summed E-state index contributed by atoms with van der Waals surface area (Å²) in [4.78, 5) is 35.8. The van der Waals surface area contributed by atoms with Gasteiger partial charge in [0.25, 0.3) is 11.8 Å². The molecule has 0 bridgehead atoms. The summed E-state index contributed by atoms with van der Waals surface area (Å²) in [6.07, 6.45) is 1.31. The highest BCUT2D eigenvalue weighted by Crippen LogP contribution is 2.27. The third kappa shape index (κ3) is 4.60. The number of nitrogens with zero attached hydrogens (tertiary/aromatic N) is 3. The Labute approximate surface area is 197 Å². The number of hydrogen-bond acceptors (Lipinski definition) is 6. The monoisotopic (exact) mass is 480 g/mol. The number of benzene rings is 2. The van der Waals surface area contributed by atoms with Gasteiger partial charge in [0.2, 0.25) is 5.95 Å². The maximum atomic E-state index is 14.1. The van der Waals surface area contributed by atoms with Crippen molar-refractivity contribution in [2.45, 2.75) is 19.9 Å². The van der Waals surface area contributed by atoms with Crippen LogP contribution >= 0.6 is 0 Å². The number of fused-ring (bicyclic) bond motifs is 1. The molecule has 0 aliphatic heterocycles. The predicted molar refractivity (Wildman–Crippen MR) is 123 cm³/mol. The highest BCUT2D eigenvalue weighted by atomic mass is 19.2. The van der Waals surface area contributed by atoms with Gasteiger partial charge >= 0.3 is 0 Å². The van der Waals surface area contributed by atoms with E-state index < -0.39 is 40.7 Å². The summed E-state index contributed by atoms with van der Waals surface area (Å²) < 4.78 is 41.7. The molecule has 2 aromatic heterocycles. The molecule has 0 saturated heterocycles. The Bertz CT molecular complexity index is 1480. The molecular formula is C24H19F3N6O2. The van der Waals surface area contributed by atoms with Gasteiger partial charge in [0.15, 0.2) is 17.3 Å². The van der Waals surface area contributed by atoms with E-state index in [2.05, 4.69) is 25.6 Å². The summed E-state index contributed by atoms with van der Waals surface area (Å²) in [5.41, 5.74) is 5.45. The lowest BCUT2D eigenvalue weighted by molar-refractivity contribution is 0.0997. The summed E-state index contributed by atoms with van der Waals surface area (Å²) in [6, 6.07) is 11.2. The third-order valence-corrected chi connectivity index (χ3v) is 5.39. The van der Waals surface area contributed by atoms with E-state index in [1.165, 1.54) is 12.4 Å². The molecule has 2 heterocycles. The zero-order chi connectivity index (χ0) is 25.3. The quantitative estimate of drug-likeness (QED) is 0.354. The van der Waals surface area contributed by atoms with Gasteiger partial charge in [-0.2, -0.15) is 4.39 Å². The molecule has 2 aromatic carbocycles. The molecule has 0 aliphatic carbocycles. The lowest BCUT2D eigenvalue weighted by Gasteiger charge is -2.17. The second-order valence-corrected chi connectivity index (χ2v) is 7.74. The first kappa shape index (κ1) is 23.6. The predicted octanol–water partition coefficient (Wildman–Crippen LogP) is 4.27. The molecule has 4 N–H and O–H groups in total. The molecule has 0 spiro atoms. The van der Waals surface area contributed by atoms with Crippen LogP contribution in [-0.2, 0) is 0 Å². The van der Waals surface area contributed by atoms with E-state index in [1.807, 2.05) is 6.92 Å². The lowest BCUT2D eigenvalue weighted by atomic mass is 10.1. The van der Waals surface area contributed by atoms with Crippen molar-refractivity contribution < 1.29 is 22.8 Å². The molecule has 4 aromatic rings. The first-order valence-electron chi connectivity index (χ1n) is 10.4. The number of amides is 2. The van der Waals surface area contributed by atoms with Crippen LogP contribution in [0, 0.1) is 24.5 Å². The molecular weight excluding hydrogens is 461 g/mol. The Balaban J connectivity index is 1.58. The molecule has 11 heteroatoms.